The number of fused-ring (bicyclic) bond motifs is 1. The molecule has 3 atom stereocenters. The van der Waals surface area contributed by atoms with Crippen LogP contribution in [0.4, 0.5) is 0 Å². The van der Waals surface area contributed by atoms with Gasteiger partial charge in [-0.05, 0) is 73.0 Å². The number of aryl methyl sites for hydroxylation is 1. The predicted molar refractivity (Wildman–Crippen MR) is 126 cm³/mol. The molecule has 0 saturated carbocycles. The summed E-state index contributed by atoms with van der Waals surface area (Å²) < 4.78 is 0. The molecule has 0 radical (unpaired) electrons. The average Bonchev–Trinajstić information content (AvgIpc) is 2.68. The molecule has 0 fully saturated rings. The topological polar surface area (TPSA) is 138 Å². The van der Waals surface area contributed by atoms with Crippen molar-refractivity contribution in [2.24, 2.45) is 28.9 Å². The second-order valence-corrected chi connectivity index (χ2v) is 10.6. The van der Waals surface area contributed by atoms with Crippen LogP contribution in [0.3, 0.4) is 0 Å². The van der Waals surface area contributed by atoms with Crippen molar-refractivity contribution in [2.75, 3.05) is 13.2 Å². The number of amides is 1. The summed E-state index contributed by atoms with van der Waals surface area (Å²) in [6.45, 7) is 5.97. The molecule has 184 valence electrons. The number of aliphatic hydroxyl groups excluding tert-OH is 2. The number of benzene rings is 1. The third kappa shape index (κ3) is 7.64. The molecular weight excluding hydrogens is 422 g/mol. The van der Waals surface area contributed by atoms with Crippen LogP contribution in [0.15, 0.2) is 12.1 Å². The van der Waals surface area contributed by atoms with Gasteiger partial charge in [-0.1, -0.05) is 26.8 Å². The van der Waals surface area contributed by atoms with E-state index in [1.807, 2.05) is 6.07 Å². The summed E-state index contributed by atoms with van der Waals surface area (Å²) in [7, 11) is 0. The zero-order valence-corrected chi connectivity index (χ0v) is 20.1. The minimum atomic E-state index is -0.809. The van der Waals surface area contributed by atoms with Crippen molar-refractivity contribution in [3.8, 4) is 5.75 Å². The van der Waals surface area contributed by atoms with Gasteiger partial charge in [-0.15, -0.1) is 0 Å². The van der Waals surface area contributed by atoms with Crippen molar-refractivity contribution in [3.05, 3.63) is 28.8 Å². The van der Waals surface area contributed by atoms with Gasteiger partial charge in [0.25, 0.3) is 0 Å². The number of primary amides is 1. The molecule has 0 heterocycles. The number of rotatable bonds is 12. The lowest BCUT2D eigenvalue weighted by molar-refractivity contribution is -0.131. The van der Waals surface area contributed by atoms with Crippen LogP contribution in [0, 0.1) is 23.2 Å². The van der Waals surface area contributed by atoms with Crippen LogP contribution in [-0.4, -0.2) is 46.0 Å². The van der Waals surface area contributed by atoms with Gasteiger partial charge in [-0.2, -0.15) is 0 Å². The molecule has 1 aromatic rings. The number of phenolic OH excluding ortho intramolecular Hbond substituents is 1. The maximum atomic E-state index is 13.0. The summed E-state index contributed by atoms with van der Waals surface area (Å²) >= 11 is 0. The van der Waals surface area contributed by atoms with E-state index in [0.29, 0.717) is 18.4 Å². The Labute approximate surface area is 196 Å². The molecule has 1 amide bonds. The number of phenols is 1. The number of nitrogens with two attached hydrogens (primary N) is 1. The van der Waals surface area contributed by atoms with Gasteiger partial charge in [-0.3, -0.25) is 14.4 Å². The molecule has 0 aliphatic heterocycles. The fourth-order valence-corrected chi connectivity index (χ4v) is 5.05. The number of carbonyl (C=O) groups excluding carboxylic acids is 3. The molecule has 1 aliphatic rings. The van der Waals surface area contributed by atoms with Gasteiger partial charge in [0, 0.05) is 18.9 Å². The highest BCUT2D eigenvalue weighted by Crippen LogP contribution is 2.39. The van der Waals surface area contributed by atoms with Crippen LogP contribution in [-0.2, 0) is 22.4 Å². The Kier molecular flexibility index (Phi) is 9.61. The van der Waals surface area contributed by atoms with Gasteiger partial charge in [0.15, 0.2) is 5.78 Å². The zero-order valence-electron chi connectivity index (χ0n) is 20.1. The summed E-state index contributed by atoms with van der Waals surface area (Å²) in [5.74, 6) is -2.57. The van der Waals surface area contributed by atoms with E-state index in [1.165, 1.54) is 0 Å². The number of carbonyl (C=O) groups is 3. The van der Waals surface area contributed by atoms with Crippen molar-refractivity contribution in [1.82, 2.24) is 0 Å². The molecule has 0 spiro atoms. The molecule has 1 aromatic carbocycles. The van der Waals surface area contributed by atoms with E-state index in [0.717, 1.165) is 30.4 Å². The van der Waals surface area contributed by atoms with Gasteiger partial charge in [0.2, 0.25) is 5.91 Å². The second-order valence-electron chi connectivity index (χ2n) is 10.6. The number of hydrogen-bond donors (Lipinski definition) is 4. The van der Waals surface area contributed by atoms with Crippen molar-refractivity contribution >= 4 is 17.5 Å². The zero-order chi connectivity index (χ0) is 24.8. The Bertz CT molecular complexity index is 857. The van der Waals surface area contributed by atoms with Crippen molar-refractivity contribution < 1.29 is 29.7 Å². The maximum absolute atomic E-state index is 13.0. The standard InChI is InChI=1S/C26H39NO6/c1-26(2,3)9-4-5-17-6-7-21(30)25-19(17)12-16(13-23(25)32)11-18(8-10-28)20(15-29)22(31)14-24(27)33/h6-7,16,18,20,28-30H,4-5,8-15H2,1-3H3,(H2,27,33). The first-order valence-corrected chi connectivity index (χ1v) is 11.9. The Morgan fingerprint density at radius 2 is 1.88 bits per heavy atom. The first kappa shape index (κ1) is 27.0. The number of ketones is 2. The summed E-state index contributed by atoms with van der Waals surface area (Å²) in [5.41, 5.74) is 7.70. The van der Waals surface area contributed by atoms with Gasteiger partial charge in [0.05, 0.1) is 18.6 Å². The van der Waals surface area contributed by atoms with E-state index in [9.17, 15) is 29.7 Å². The predicted octanol–water partition coefficient (Wildman–Crippen LogP) is 2.95. The number of hydrogen-bond acceptors (Lipinski definition) is 6. The highest BCUT2D eigenvalue weighted by Gasteiger charge is 2.35. The highest BCUT2D eigenvalue weighted by molar-refractivity contribution is 6.01. The third-order valence-electron chi connectivity index (χ3n) is 6.67. The van der Waals surface area contributed by atoms with Crippen molar-refractivity contribution in [2.45, 2.75) is 72.1 Å². The van der Waals surface area contributed by atoms with Gasteiger partial charge >= 0.3 is 0 Å². The van der Waals surface area contributed by atoms with E-state index < -0.39 is 30.6 Å². The highest BCUT2D eigenvalue weighted by atomic mass is 16.3. The Hall–Kier alpha value is -2.25. The molecule has 0 saturated heterocycles. The Balaban J connectivity index is 2.24. The molecule has 33 heavy (non-hydrogen) atoms. The number of aromatic hydroxyl groups is 1. The monoisotopic (exact) mass is 461 g/mol. The number of aliphatic hydroxyl groups is 2. The van der Waals surface area contributed by atoms with Crippen LogP contribution in [0.1, 0.15) is 80.8 Å². The summed E-state index contributed by atoms with van der Waals surface area (Å²) in [5, 5.41) is 29.7. The Morgan fingerprint density at radius 1 is 1.18 bits per heavy atom. The van der Waals surface area contributed by atoms with Gasteiger partial charge in [-0.25, -0.2) is 0 Å². The molecule has 7 heteroatoms. The van der Waals surface area contributed by atoms with Gasteiger partial charge in [0.1, 0.15) is 11.5 Å². The van der Waals surface area contributed by atoms with E-state index in [2.05, 4.69) is 20.8 Å². The third-order valence-corrected chi connectivity index (χ3v) is 6.67. The number of Topliss-reactive ketones (excluding diaryl/α,β-unsaturated/α-hetero) is 2. The van der Waals surface area contributed by atoms with E-state index in [1.54, 1.807) is 6.07 Å². The molecule has 0 bridgehead atoms. The molecule has 1 aliphatic carbocycles. The lowest BCUT2D eigenvalue weighted by atomic mass is 9.72. The van der Waals surface area contributed by atoms with Crippen LogP contribution in [0.5, 0.6) is 5.75 Å². The first-order valence-electron chi connectivity index (χ1n) is 11.9. The summed E-state index contributed by atoms with van der Waals surface area (Å²) in [4.78, 5) is 36.6. The lowest BCUT2D eigenvalue weighted by Gasteiger charge is -2.32. The van der Waals surface area contributed by atoms with Crippen LogP contribution in [0.25, 0.3) is 0 Å². The minimum Gasteiger partial charge on any atom is -0.507 e. The quantitative estimate of drug-likeness (QED) is 0.353. The van der Waals surface area contributed by atoms with E-state index in [-0.39, 0.29) is 48.2 Å². The van der Waals surface area contributed by atoms with E-state index in [4.69, 9.17) is 5.73 Å². The fraction of sp³-hybridized carbons (Fsp3) is 0.654. The summed E-state index contributed by atoms with van der Waals surface area (Å²) in [6, 6.07) is 3.49. The second kappa shape index (κ2) is 11.7. The molecule has 0 aromatic heterocycles. The SMILES string of the molecule is CC(C)(C)CCCc1ccc(O)c2c1CC(CC(CCO)C(CO)C(=O)CC(N)=O)CC2=O. The van der Waals surface area contributed by atoms with Crippen LogP contribution < -0.4 is 5.73 Å². The van der Waals surface area contributed by atoms with Crippen molar-refractivity contribution in [1.29, 1.82) is 0 Å². The van der Waals surface area contributed by atoms with E-state index >= 15 is 0 Å². The van der Waals surface area contributed by atoms with Crippen molar-refractivity contribution in [3.63, 3.8) is 0 Å². The summed E-state index contributed by atoms with van der Waals surface area (Å²) in [6.07, 6.45) is 3.94. The molecular formula is C26H39NO6. The maximum Gasteiger partial charge on any atom is 0.224 e. The minimum absolute atomic E-state index is 0.00444. The van der Waals surface area contributed by atoms with Crippen LogP contribution >= 0.6 is 0 Å². The van der Waals surface area contributed by atoms with Crippen LogP contribution in [0.2, 0.25) is 0 Å². The lowest BCUT2D eigenvalue weighted by Crippen LogP contribution is -2.33. The Morgan fingerprint density at radius 3 is 2.45 bits per heavy atom. The average molecular weight is 462 g/mol. The first-order chi connectivity index (χ1) is 15.5. The molecule has 5 N–H and O–H groups in total. The fourth-order valence-electron chi connectivity index (χ4n) is 5.05. The molecule has 2 rings (SSSR count). The molecule has 7 nitrogen and oxygen atoms in total. The molecule has 3 unspecified atom stereocenters. The largest absolute Gasteiger partial charge is 0.507 e. The normalized spacial score (nSPS) is 18.0. The van der Waals surface area contributed by atoms with Gasteiger partial charge < -0.3 is 21.1 Å². The smallest absolute Gasteiger partial charge is 0.224 e.